The number of carbonyl (C=O) groups excluding carboxylic acids is 1. The summed E-state index contributed by atoms with van der Waals surface area (Å²) >= 11 is 0. The topological polar surface area (TPSA) is 121 Å². The Balaban J connectivity index is 2.81. The van der Waals surface area contributed by atoms with Crippen molar-refractivity contribution in [3.05, 3.63) is 55.8 Å². The van der Waals surface area contributed by atoms with E-state index in [1.807, 2.05) is 0 Å². The van der Waals surface area contributed by atoms with Gasteiger partial charge in [0, 0.05) is 18.2 Å². The minimum atomic E-state index is -6.08. The molecule has 0 aliphatic carbocycles. The van der Waals surface area contributed by atoms with Gasteiger partial charge in [0.25, 0.3) is 5.69 Å². The van der Waals surface area contributed by atoms with E-state index in [9.17, 15) is 36.5 Å². The van der Waals surface area contributed by atoms with Crippen LogP contribution in [-0.4, -0.2) is 34.4 Å². The van der Waals surface area contributed by atoms with E-state index in [0.29, 0.717) is 5.57 Å². The molecule has 0 aliphatic rings. The van der Waals surface area contributed by atoms with Crippen LogP contribution in [0.25, 0.3) is 5.57 Å². The summed E-state index contributed by atoms with van der Waals surface area (Å²) < 4.78 is 67.2. The van der Waals surface area contributed by atoms with Crippen LogP contribution in [0.15, 0.2) is 17.7 Å². The van der Waals surface area contributed by atoms with Gasteiger partial charge in [-0.25, -0.2) is 4.68 Å². The number of rotatable bonds is 7. The minimum Gasteiger partial charge on any atom is -0.355 e. The number of alkyl halides is 3. The molecule has 1 aromatic heterocycles. The van der Waals surface area contributed by atoms with E-state index in [1.165, 1.54) is 26.8 Å². The number of benzene rings is 1. The number of carbonyl (C=O) groups is 1. The molecule has 0 amide bonds. The predicted octanol–water partition coefficient (Wildman–Crippen LogP) is 4.70. The van der Waals surface area contributed by atoms with Gasteiger partial charge in [0.1, 0.15) is 5.56 Å². The molecule has 0 N–H and O–H groups in total. The van der Waals surface area contributed by atoms with Crippen LogP contribution in [0.4, 0.5) is 18.9 Å². The second kappa shape index (κ2) is 8.96. The van der Waals surface area contributed by atoms with Crippen LogP contribution >= 0.6 is 0 Å². The highest BCUT2D eigenvalue weighted by Gasteiger charge is 2.50. The van der Waals surface area contributed by atoms with Gasteiger partial charge in [0.2, 0.25) is 11.7 Å². The average molecular weight is 489 g/mol. The molecule has 180 valence electrons. The van der Waals surface area contributed by atoms with Crippen molar-refractivity contribution in [2.24, 2.45) is 0 Å². The zero-order valence-electron chi connectivity index (χ0n) is 18.7. The summed E-state index contributed by atoms with van der Waals surface area (Å²) in [5, 5.41) is 15.5. The Kier molecular flexibility index (Phi) is 7.07. The van der Waals surface area contributed by atoms with Crippen LogP contribution in [-0.2, 0) is 16.7 Å². The highest BCUT2D eigenvalue weighted by Crippen LogP contribution is 2.36. The van der Waals surface area contributed by atoms with Crippen molar-refractivity contribution < 1.29 is 35.5 Å². The number of nitro benzene ring substituents is 1. The first-order valence-electron chi connectivity index (χ1n) is 9.60. The fourth-order valence-electron chi connectivity index (χ4n) is 3.23. The summed E-state index contributed by atoms with van der Waals surface area (Å²) in [5.74, 6) is -1.76. The number of nitrogens with zero attached hydrogens (tertiary/aromatic N) is 3. The Morgan fingerprint density at radius 3 is 2.21 bits per heavy atom. The van der Waals surface area contributed by atoms with Gasteiger partial charge in [-0.15, -0.1) is 0 Å². The van der Waals surface area contributed by atoms with E-state index in [0.717, 1.165) is 16.3 Å². The van der Waals surface area contributed by atoms with E-state index in [2.05, 4.69) is 9.28 Å². The SMILES string of the molecule is CCn1nc(C)c(C(=O)c2ccc([N+](=O)[O-])c(C(C)=C(C)C)c2C)c1OS(=O)(=O)C(F)(F)F. The number of halogens is 3. The van der Waals surface area contributed by atoms with Crippen molar-refractivity contribution in [1.82, 2.24) is 9.78 Å². The molecule has 0 saturated heterocycles. The molecule has 0 aliphatic heterocycles. The number of allylic oxidation sites excluding steroid dienone is 2. The van der Waals surface area contributed by atoms with Crippen LogP contribution < -0.4 is 4.18 Å². The molecular formula is C20H22F3N3O6S. The Labute approximate surface area is 188 Å². The lowest BCUT2D eigenvalue weighted by atomic mass is 9.90. The fourth-order valence-corrected chi connectivity index (χ4v) is 3.70. The number of aromatic nitrogens is 2. The highest BCUT2D eigenvalue weighted by atomic mass is 32.2. The van der Waals surface area contributed by atoms with E-state index in [-0.39, 0.29) is 34.6 Å². The number of aryl methyl sites for hydroxylation is 2. The third kappa shape index (κ3) is 4.77. The standard InChI is InChI=1S/C20H22F3N3O6S/c1-7-25-19(32-33(30,31)20(21,22)23)17(13(6)24-25)18(27)14-8-9-15(26(28)29)16(12(14)5)11(4)10(2)3/h8-9H,7H2,1-6H3. The van der Waals surface area contributed by atoms with Gasteiger partial charge in [-0.2, -0.15) is 26.7 Å². The second-order valence-corrected chi connectivity index (χ2v) is 8.95. The maximum absolute atomic E-state index is 13.4. The number of hydrogen-bond donors (Lipinski definition) is 0. The highest BCUT2D eigenvalue weighted by molar-refractivity contribution is 7.88. The zero-order chi connectivity index (χ0) is 25.5. The number of ketones is 1. The lowest BCUT2D eigenvalue weighted by Gasteiger charge is -2.15. The van der Waals surface area contributed by atoms with Gasteiger partial charge >= 0.3 is 15.6 Å². The van der Waals surface area contributed by atoms with Crippen molar-refractivity contribution in [3.8, 4) is 5.88 Å². The van der Waals surface area contributed by atoms with Crippen LogP contribution in [0.3, 0.4) is 0 Å². The summed E-state index contributed by atoms with van der Waals surface area (Å²) in [6.07, 6.45) is 0. The Hall–Kier alpha value is -3.22. The molecule has 9 nitrogen and oxygen atoms in total. The molecule has 2 aromatic rings. The van der Waals surface area contributed by atoms with Gasteiger partial charge in [-0.05, 0) is 58.7 Å². The van der Waals surface area contributed by atoms with Gasteiger partial charge in [-0.1, -0.05) is 5.57 Å². The molecule has 0 atom stereocenters. The van der Waals surface area contributed by atoms with Gasteiger partial charge in [0.15, 0.2) is 0 Å². The lowest BCUT2D eigenvalue weighted by molar-refractivity contribution is -0.385. The first-order chi connectivity index (χ1) is 15.0. The maximum atomic E-state index is 13.4. The summed E-state index contributed by atoms with van der Waals surface area (Å²) in [6.45, 7) is 9.28. The van der Waals surface area contributed by atoms with Crippen LogP contribution in [0.1, 0.15) is 60.4 Å². The summed E-state index contributed by atoms with van der Waals surface area (Å²) in [4.78, 5) is 24.3. The zero-order valence-corrected chi connectivity index (χ0v) is 19.5. The molecule has 1 aromatic carbocycles. The molecule has 0 spiro atoms. The molecule has 0 saturated carbocycles. The van der Waals surface area contributed by atoms with E-state index < -0.39 is 37.8 Å². The summed E-state index contributed by atoms with van der Waals surface area (Å²) in [5.41, 5.74) is -4.88. The van der Waals surface area contributed by atoms with E-state index >= 15 is 0 Å². The molecule has 0 fully saturated rings. The van der Waals surface area contributed by atoms with Crippen LogP contribution in [0.2, 0.25) is 0 Å². The molecular weight excluding hydrogens is 467 g/mol. The van der Waals surface area contributed by atoms with E-state index in [4.69, 9.17) is 0 Å². The van der Waals surface area contributed by atoms with Crippen molar-refractivity contribution in [3.63, 3.8) is 0 Å². The normalized spacial score (nSPS) is 11.9. The van der Waals surface area contributed by atoms with Crippen molar-refractivity contribution in [2.45, 2.75) is 53.6 Å². The van der Waals surface area contributed by atoms with Crippen LogP contribution in [0, 0.1) is 24.0 Å². The Bertz CT molecular complexity index is 1270. The van der Waals surface area contributed by atoms with Crippen molar-refractivity contribution in [2.75, 3.05) is 0 Å². The fraction of sp³-hybridized carbons (Fsp3) is 0.400. The minimum absolute atomic E-state index is 0.0625. The van der Waals surface area contributed by atoms with Gasteiger partial charge in [0.05, 0.1) is 16.2 Å². The quantitative estimate of drug-likeness (QED) is 0.182. The smallest absolute Gasteiger partial charge is 0.355 e. The molecule has 0 unspecified atom stereocenters. The molecule has 33 heavy (non-hydrogen) atoms. The van der Waals surface area contributed by atoms with Gasteiger partial charge in [-0.3, -0.25) is 14.9 Å². The summed E-state index contributed by atoms with van der Waals surface area (Å²) in [6, 6.07) is 2.29. The summed E-state index contributed by atoms with van der Waals surface area (Å²) in [7, 11) is -6.08. The number of hydrogen-bond acceptors (Lipinski definition) is 7. The van der Waals surface area contributed by atoms with Crippen molar-refractivity contribution >= 4 is 27.2 Å². The molecule has 0 bridgehead atoms. The third-order valence-corrected chi connectivity index (χ3v) is 6.03. The molecule has 1 heterocycles. The first-order valence-corrected chi connectivity index (χ1v) is 11.0. The monoisotopic (exact) mass is 489 g/mol. The number of nitro groups is 1. The van der Waals surface area contributed by atoms with E-state index in [1.54, 1.807) is 20.8 Å². The van der Waals surface area contributed by atoms with Gasteiger partial charge < -0.3 is 4.18 Å². The largest absolute Gasteiger partial charge is 0.534 e. The first kappa shape index (κ1) is 26.0. The molecule has 13 heteroatoms. The Morgan fingerprint density at radius 2 is 1.76 bits per heavy atom. The second-order valence-electron chi connectivity index (χ2n) is 7.41. The van der Waals surface area contributed by atoms with Crippen LogP contribution in [0.5, 0.6) is 5.88 Å². The predicted molar refractivity (Wildman–Crippen MR) is 113 cm³/mol. The molecule has 0 radical (unpaired) electrons. The van der Waals surface area contributed by atoms with Crippen molar-refractivity contribution in [1.29, 1.82) is 0 Å². The Morgan fingerprint density at radius 1 is 1.18 bits per heavy atom. The average Bonchev–Trinajstić information content (AvgIpc) is 2.99. The lowest BCUT2D eigenvalue weighted by Crippen LogP contribution is -2.29. The third-order valence-electron chi connectivity index (χ3n) is 5.09. The molecule has 2 rings (SSSR count). The maximum Gasteiger partial charge on any atom is 0.534 e.